The first-order valence-corrected chi connectivity index (χ1v) is 3.57. The molecule has 0 unspecified atom stereocenters. The van der Waals surface area contributed by atoms with E-state index in [4.69, 9.17) is 11.6 Å². The molecular weight excluding hydrogens is 136 g/mol. The minimum atomic E-state index is 0.701. The van der Waals surface area contributed by atoms with Gasteiger partial charge in [0.2, 0.25) is 0 Å². The van der Waals surface area contributed by atoms with Crippen molar-refractivity contribution in [3.63, 3.8) is 0 Å². The van der Waals surface area contributed by atoms with Crippen LogP contribution in [0.15, 0.2) is 11.9 Å². The number of nitrogens with one attached hydrogen (secondary N) is 1. The quantitative estimate of drug-likeness (QED) is 0.584. The molecule has 0 aromatic rings. The molecule has 9 heavy (non-hydrogen) atoms. The van der Waals surface area contributed by atoms with Gasteiger partial charge in [0.1, 0.15) is 0 Å². The number of rotatable bonds is 2. The van der Waals surface area contributed by atoms with Crippen LogP contribution >= 0.6 is 11.6 Å². The number of halogens is 1. The maximum Gasteiger partial charge on any atom is 0.0866 e. The highest BCUT2D eigenvalue weighted by molar-refractivity contribution is 6.17. The van der Waals surface area contributed by atoms with Crippen LogP contribution in [0.5, 0.6) is 0 Å². The Bertz CT molecular complexity index is 122. The second kappa shape index (κ2) is 2.97. The van der Waals surface area contributed by atoms with Crippen molar-refractivity contribution < 1.29 is 0 Å². The molecule has 1 aliphatic heterocycles. The Morgan fingerprint density at radius 1 is 1.89 bits per heavy atom. The Morgan fingerprint density at radius 2 is 2.67 bits per heavy atom. The Balaban J connectivity index is 2.33. The van der Waals surface area contributed by atoms with Crippen LogP contribution in [-0.2, 0) is 0 Å². The third kappa shape index (κ3) is 1.79. The topological polar surface area (TPSA) is 15.3 Å². The third-order valence-electron chi connectivity index (χ3n) is 1.30. The summed E-state index contributed by atoms with van der Waals surface area (Å²) in [5, 5.41) is 3.21. The number of alkyl halides is 1. The second-order valence-corrected chi connectivity index (χ2v) is 2.56. The highest BCUT2D eigenvalue weighted by Crippen LogP contribution is 2.05. The molecule has 3 heteroatoms. The van der Waals surface area contributed by atoms with E-state index in [9.17, 15) is 0 Å². The maximum atomic E-state index is 5.53. The van der Waals surface area contributed by atoms with Gasteiger partial charge in [-0.25, -0.2) is 0 Å². The van der Waals surface area contributed by atoms with E-state index in [-0.39, 0.29) is 0 Å². The summed E-state index contributed by atoms with van der Waals surface area (Å²) in [5.74, 6) is 0.701. The van der Waals surface area contributed by atoms with Crippen molar-refractivity contribution in [3.8, 4) is 0 Å². The summed E-state index contributed by atoms with van der Waals surface area (Å²) in [4.78, 5) is 2.10. The average molecular weight is 147 g/mol. The Hall–Kier alpha value is -0.370. The van der Waals surface area contributed by atoms with Gasteiger partial charge in [0, 0.05) is 31.2 Å². The molecule has 0 atom stereocenters. The molecule has 1 rings (SSSR count). The SMILES string of the molecule is CN1C=C(CCCl)NC1. The summed E-state index contributed by atoms with van der Waals surface area (Å²) >= 11 is 5.53. The van der Waals surface area contributed by atoms with Crippen molar-refractivity contribution in [1.82, 2.24) is 10.2 Å². The number of nitrogens with zero attached hydrogens (tertiary/aromatic N) is 1. The van der Waals surface area contributed by atoms with Gasteiger partial charge in [-0.2, -0.15) is 0 Å². The van der Waals surface area contributed by atoms with Gasteiger partial charge < -0.3 is 10.2 Å². The average Bonchev–Trinajstić information content (AvgIpc) is 2.17. The van der Waals surface area contributed by atoms with Gasteiger partial charge in [-0.1, -0.05) is 0 Å². The lowest BCUT2D eigenvalue weighted by Gasteiger charge is -2.02. The number of allylic oxidation sites excluding steroid dienone is 1. The van der Waals surface area contributed by atoms with Gasteiger partial charge in [0.05, 0.1) is 6.67 Å². The molecule has 2 nitrogen and oxygen atoms in total. The lowest BCUT2D eigenvalue weighted by molar-refractivity contribution is 0.473. The number of hydrogen-bond donors (Lipinski definition) is 1. The molecule has 0 bridgehead atoms. The molecule has 0 aromatic heterocycles. The van der Waals surface area contributed by atoms with Gasteiger partial charge in [-0.05, 0) is 0 Å². The Morgan fingerprint density at radius 3 is 3.11 bits per heavy atom. The highest BCUT2D eigenvalue weighted by atomic mass is 35.5. The van der Waals surface area contributed by atoms with Crippen molar-refractivity contribution in [3.05, 3.63) is 11.9 Å². The Kier molecular flexibility index (Phi) is 2.22. The van der Waals surface area contributed by atoms with Crippen molar-refractivity contribution in [2.24, 2.45) is 0 Å². The lowest BCUT2D eigenvalue weighted by Crippen LogP contribution is -2.16. The Labute approximate surface area is 60.5 Å². The summed E-state index contributed by atoms with van der Waals surface area (Å²) in [6.45, 7) is 0.923. The standard InChI is InChI=1S/C6H11ClN2/c1-9-4-6(2-3-7)8-5-9/h4,8H,2-3,5H2,1H3. The van der Waals surface area contributed by atoms with Crippen molar-refractivity contribution >= 4 is 11.6 Å². The van der Waals surface area contributed by atoms with Crippen LogP contribution in [0, 0.1) is 0 Å². The summed E-state index contributed by atoms with van der Waals surface area (Å²) in [7, 11) is 2.04. The molecule has 0 saturated carbocycles. The second-order valence-electron chi connectivity index (χ2n) is 2.19. The molecule has 0 spiro atoms. The van der Waals surface area contributed by atoms with E-state index in [1.54, 1.807) is 0 Å². The zero-order valence-corrected chi connectivity index (χ0v) is 6.28. The van der Waals surface area contributed by atoms with Crippen LogP contribution in [0.2, 0.25) is 0 Å². The molecule has 0 amide bonds. The van der Waals surface area contributed by atoms with E-state index < -0.39 is 0 Å². The van der Waals surface area contributed by atoms with E-state index in [0.717, 1.165) is 13.1 Å². The van der Waals surface area contributed by atoms with Crippen LogP contribution in [0.25, 0.3) is 0 Å². The molecule has 0 aromatic carbocycles. The zero-order valence-electron chi connectivity index (χ0n) is 5.52. The molecule has 0 aliphatic carbocycles. The van der Waals surface area contributed by atoms with Crippen LogP contribution in [0.3, 0.4) is 0 Å². The highest BCUT2D eigenvalue weighted by Gasteiger charge is 2.04. The minimum Gasteiger partial charge on any atom is -0.370 e. The first kappa shape index (κ1) is 6.75. The summed E-state index contributed by atoms with van der Waals surface area (Å²) in [6.07, 6.45) is 3.04. The monoisotopic (exact) mass is 146 g/mol. The van der Waals surface area contributed by atoms with Crippen LogP contribution in [0.1, 0.15) is 6.42 Å². The van der Waals surface area contributed by atoms with E-state index in [2.05, 4.69) is 16.4 Å². The van der Waals surface area contributed by atoms with Crippen molar-refractivity contribution in [1.29, 1.82) is 0 Å². The van der Waals surface area contributed by atoms with E-state index in [1.165, 1.54) is 5.70 Å². The first-order chi connectivity index (χ1) is 4.33. The predicted octanol–water partition coefficient (Wildman–Crippen LogP) is 0.949. The molecule has 52 valence electrons. The fraction of sp³-hybridized carbons (Fsp3) is 0.667. The fourth-order valence-electron chi connectivity index (χ4n) is 0.838. The summed E-state index contributed by atoms with van der Waals surface area (Å²) in [6, 6.07) is 0. The summed E-state index contributed by atoms with van der Waals surface area (Å²) < 4.78 is 0. The van der Waals surface area contributed by atoms with E-state index in [1.807, 2.05) is 7.05 Å². The number of hydrogen-bond acceptors (Lipinski definition) is 2. The maximum absolute atomic E-state index is 5.53. The molecular formula is C6H11ClN2. The van der Waals surface area contributed by atoms with Gasteiger partial charge in [0.15, 0.2) is 0 Å². The van der Waals surface area contributed by atoms with Gasteiger partial charge in [-0.3, -0.25) is 0 Å². The van der Waals surface area contributed by atoms with E-state index in [0.29, 0.717) is 5.88 Å². The fourth-order valence-corrected chi connectivity index (χ4v) is 1.04. The smallest absolute Gasteiger partial charge is 0.0866 e. The van der Waals surface area contributed by atoms with Gasteiger partial charge >= 0.3 is 0 Å². The summed E-state index contributed by atoms with van der Waals surface area (Å²) in [5.41, 5.74) is 1.24. The molecule has 1 aliphatic rings. The lowest BCUT2D eigenvalue weighted by atomic mass is 10.4. The minimum absolute atomic E-state index is 0.701. The van der Waals surface area contributed by atoms with E-state index >= 15 is 0 Å². The first-order valence-electron chi connectivity index (χ1n) is 3.03. The molecule has 0 radical (unpaired) electrons. The van der Waals surface area contributed by atoms with Crippen LogP contribution in [-0.4, -0.2) is 24.5 Å². The molecule has 1 N–H and O–H groups in total. The predicted molar refractivity (Wildman–Crippen MR) is 39.2 cm³/mol. The molecule has 1 heterocycles. The van der Waals surface area contributed by atoms with Crippen LogP contribution < -0.4 is 5.32 Å². The van der Waals surface area contributed by atoms with Gasteiger partial charge in [0.25, 0.3) is 0 Å². The van der Waals surface area contributed by atoms with Crippen LogP contribution in [0.4, 0.5) is 0 Å². The normalized spacial score (nSPS) is 17.6. The van der Waals surface area contributed by atoms with Gasteiger partial charge in [-0.15, -0.1) is 11.6 Å². The third-order valence-corrected chi connectivity index (χ3v) is 1.48. The largest absolute Gasteiger partial charge is 0.370 e. The molecule has 0 fully saturated rings. The molecule has 0 saturated heterocycles. The van der Waals surface area contributed by atoms with Crippen molar-refractivity contribution in [2.45, 2.75) is 6.42 Å². The zero-order chi connectivity index (χ0) is 6.69. The van der Waals surface area contributed by atoms with Crippen molar-refractivity contribution in [2.75, 3.05) is 19.6 Å².